The van der Waals surface area contributed by atoms with E-state index < -0.39 is 0 Å². The molecule has 0 aliphatic carbocycles. The van der Waals surface area contributed by atoms with Crippen molar-refractivity contribution in [3.05, 3.63) is 30.1 Å². The second-order valence-electron chi connectivity index (χ2n) is 3.27. The van der Waals surface area contributed by atoms with Gasteiger partial charge < -0.3 is 15.4 Å². The topological polar surface area (TPSA) is 38.5 Å². The van der Waals surface area contributed by atoms with Gasteiger partial charge in [-0.25, -0.2) is 4.39 Å². The number of nitrogens with two attached hydrogens (primary N) is 1. The van der Waals surface area contributed by atoms with Crippen molar-refractivity contribution in [2.75, 3.05) is 38.3 Å². The van der Waals surface area contributed by atoms with Crippen LogP contribution in [0.1, 0.15) is 0 Å². The Hall–Kier alpha value is -0.840. The van der Waals surface area contributed by atoms with E-state index in [1.54, 1.807) is 12.1 Å². The van der Waals surface area contributed by atoms with E-state index in [1.807, 2.05) is 18.0 Å². The second kappa shape index (κ2) is 8.33. The summed E-state index contributed by atoms with van der Waals surface area (Å²) in [5.41, 5.74) is 5.87. The fourth-order valence-electron chi connectivity index (χ4n) is 1.27. The van der Waals surface area contributed by atoms with Gasteiger partial charge in [0, 0.05) is 20.1 Å². The van der Waals surface area contributed by atoms with Crippen LogP contribution in [0.25, 0.3) is 0 Å². The maximum Gasteiger partial charge on any atom is 0.146 e. The summed E-state index contributed by atoms with van der Waals surface area (Å²) in [6, 6.07) is 6.69. The van der Waals surface area contributed by atoms with Crippen LogP contribution >= 0.6 is 12.4 Å². The molecule has 0 unspecified atom stereocenters. The molecule has 0 saturated heterocycles. The number of anilines is 1. The van der Waals surface area contributed by atoms with Crippen molar-refractivity contribution in [3.8, 4) is 0 Å². The third kappa shape index (κ3) is 4.79. The molecule has 0 amide bonds. The van der Waals surface area contributed by atoms with Crippen LogP contribution in [0.4, 0.5) is 10.1 Å². The van der Waals surface area contributed by atoms with E-state index in [0.29, 0.717) is 32.0 Å². The van der Waals surface area contributed by atoms with Crippen LogP contribution in [-0.4, -0.2) is 33.4 Å². The Kier molecular flexibility index (Phi) is 7.89. The summed E-state index contributed by atoms with van der Waals surface area (Å²) in [6.07, 6.45) is 0. The van der Waals surface area contributed by atoms with Crippen LogP contribution in [0.3, 0.4) is 0 Å². The first kappa shape index (κ1) is 15.2. The highest BCUT2D eigenvalue weighted by molar-refractivity contribution is 5.85. The van der Waals surface area contributed by atoms with Crippen LogP contribution in [0.2, 0.25) is 0 Å². The van der Waals surface area contributed by atoms with Gasteiger partial charge in [-0.1, -0.05) is 12.1 Å². The fourth-order valence-corrected chi connectivity index (χ4v) is 1.27. The summed E-state index contributed by atoms with van der Waals surface area (Å²) >= 11 is 0. The number of rotatable bonds is 6. The lowest BCUT2D eigenvalue weighted by Crippen LogP contribution is -2.24. The molecule has 2 N–H and O–H groups in total. The highest BCUT2D eigenvalue weighted by Crippen LogP contribution is 2.16. The van der Waals surface area contributed by atoms with Gasteiger partial charge in [-0.15, -0.1) is 12.4 Å². The third-order valence-electron chi connectivity index (χ3n) is 2.10. The summed E-state index contributed by atoms with van der Waals surface area (Å²) in [7, 11) is 1.84. The molecule has 16 heavy (non-hydrogen) atoms. The molecule has 1 aromatic rings. The van der Waals surface area contributed by atoms with Gasteiger partial charge in [0.1, 0.15) is 5.82 Å². The lowest BCUT2D eigenvalue weighted by atomic mass is 10.3. The van der Waals surface area contributed by atoms with E-state index in [9.17, 15) is 4.39 Å². The van der Waals surface area contributed by atoms with Crippen molar-refractivity contribution in [2.24, 2.45) is 5.73 Å². The lowest BCUT2D eigenvalue weighted by molar-refractivity contribution is 0.148. The lowest BCUT2D eigenvalue weighted by Gasteiger charge is -2.19. The monoisotopic (exact) mass is 248 g/mol. The summed E-state index contributed by atoms with van der Waals surface area (Å²) in [5.74, 6) is -0.209. The molecule has 1 aromatic carbocycles. The average Bonchev–Trinajstić information content (AvgIpc) is 2.25. The maximum atomic E-state index is 13.3. The SMILES string of the molecule is CN(CCOCCN)c1ccccc1F.Cl. The number of hydrogen-bond donors (Lipinski definition) is 1. The molecule has 0 heterocycles. The zero-order valence-corrected chi connectivity index (χ0v) is 10.2. The van der Waals surface area contributed by atoms with Gasteiger partial charge in [-0.3, -0.25) is 0 Å². The van der Waals surface area contributed by atoms with Gasteiger partial charge in [0.05, 0.1) is 18.9 Å². The van der Waals surface area contributed by atoms with E-state index in [1.165, 1.54) is 6.07 Å². The highest BCUT2D eigenvalue weighted by Gasteiger charge is 2.05. The first-order chi connectivity index (χ1) is 7.25. The molecular formula is C11H18ClFN2O. The van der Waals surface area contributed by atoms with E-state index >= 15 is 0 Å². The van der Waals surface area contributed by atoms with Crippen molar-refractivity contribution in [2.45, 2.75) is 0 Å². The van der Waals surface area contributed by atoms with E-state index in [2.05, 4.69) is 0 Å². The summed E-state index contributed by atoms with van der Waals surface area (Å²) in [6.45, 7) is 2.28. The molecule has 0 aromatic heterocycles. The normalized spacial score (nSPS) is 9.69. The minimum atomic E-state index is -0.209. The average molecular weight is 249 g/mol. The van der Waals surface area contributed by atoms with Crippen LogP contribution < -0.4 is 10.6 Å². The molecule has 0 aliphatic rings. The number of hydrogen-bond acceptors (Lipinski definition) is 3. The molecule has 0 aliphatic heterocycles. The van der Waals surface area contributed by atoms with Crippen LogP contribution in [0.5, 0.6) is 0 Å². The molecular weight excluding hydrogens is 231 g/mol. The van der Waals surface area contributed by atoms with Gasteiger partial charge in [-0.2, -0.15) is 0 Å². The molecule has 0 saturated carbocycles. The van der Waals surface area contributed by atoms with Crippen molar-refractivity contribution >= 4 is 18.1 Å². The zero-order chi connectivity index (χ0) is 11.1. The molecule has 0 spiro atoms. The second-order valence-corrected chi connectivity index (χ2v) is 3.27. The Morgan fingerprint density at radius 2 is 2.00 bits per heavy atom. The van der Waals surface area contributed by atoms with Gasteiger partial charge in [0.2, 0.25) is 0 Å². The molecule has 3 nitrogen and oxygen atoms in total. The van der Waals surface area contributed by atoms with E-state index in [-0.39, 0.29) is 18.2 Å². The molecule has 0 fully saturated rings. The van der Waals surface area contributed by atoms with Crippen molar-refractivity contribution in [1.82, 2.24) is 0 Å². The van der Waals surface area contributed by atoms with Gasteiger partial charge in [0.15, 0.2) is 0 Å². The van der Waals surface area contributed by atoms with Gasteiger partial charge in [-0.05, 0) is 12.1 Å². The maximum absolute atomic E-state index is 13.3. The third-order valence-corrected chi connectivity index (χ3v) is 2.10. The number of likely N-dealkylation sites (N-methyl/N-ethyl adjacent to an activating group) is 1. The minimum Gasteiger partial charge on any atom is -0.378 e. The first-order valence-corrected chi connectivity index (χ1v) is 4.99. The Balaban J connectivity index is 0.00000225. The number of para-hydroxylation sites is 1. The standard InChI is InChI=1S/C11H17FN2O.ClH/c1-14(7-9-15-8-6-13)11-5-3-2-4-10(11)12;/h2-5H,6-9,13H2,1H3;1H. The number of halogens is 2. The van der Waals surface area contributed by atoms with Gasteiger partial charge >= 0.3 is 0 Å². The number of nitrogens with zero attached hydrogens (tertiary/aromatic N) is 1. The molecule has 5 heteroatoms. The number of ether oxygens (including phenoxy) is 1. The Morgan fingerprint density at radius 1 is 1.31 bits per heavy atom. The first-order valence-electron chi connectivity index (χ1n) is 4.99. The quantitative estimate of drug-likeness (QED) is 0.779. The van der Waals surface area contributed by atoms with Crippen LogP contribution in [-0.2, 0) is 4.74 Å². The Bertz CT molecular complexity index is 299. The van der Waals surface area contributed by atoms with Crippen molar-refractivity contribution < 1.29 is 9.13 Å². The largest absolute Gasteiger partial charge is 0.378 e. The van der Waals surface area contributed by atoms with Crippen molar-refractivity contribution in [3.63, 3.8) is 0 Å². The van der Waals surface area contributed by atoms with Gasteiger partial charge in [0.25, 0.3) is 0 Å². The minimum absolute atomic E-state index is 0. The fraction of sp³-hybridized carbons (Fsp3) is 0.455. The van der Waals surface area contributed by atoms with Crippen LogP contribution in [0, 0.1) is 5.82 Å². The molecule has 0 atom stereocenters. The van der Waals surface area contributed by atoms with Crippen LogP contribution in [0.15, 0.2) is 24.3 Å². The molecule has 0 radical (unpaired) electrons. The summed E-state index contributed by atoms with van der Waals surface area (Å²) in [4.78, 5) is 1.83. The zero-order valence-electron chi connectivity index (χ0n) is 9.36. The Labute approximate surface area is 102 Å². The summed E-state index contributed by atoms with van der Waals surface area (Å²) < 4.78 is 18.5. The summed E-state index contributed by atoms with van der Waals surface area (Å²) in [5, 5.41) is 0. The van der Waals surface area contributed by atoms with E-state index in [4.69, 9.17) is 10.5 Å². The molecule has 0 bridgehead atoms. The van der Waals surface area contributed by atoms with E-state index in [0.717, 1.165) is 0 Å². The molecule has 1 rings (SSSR count). The molecule has 92 valence electrons. The number of benzene rings is 1. The predicted octanol–water partition coefficient (Wildman–Crippen LogP) is 1.66. The Morgan fingerprint density at radius 3 is 2.62 bits per heavy atom. The smallest absolute Gasteiger partial charge is 0.146 e. The van der Waals surface area contributed by atoms with Crippen molar-refractivity contribution in [1.29, 1.82) is 0 Å². The predicted molar refractivity (Wildman–Crippen MR) is 66.8 cm³/mol. The highest BCUT2D eigenvalue weighted by atomic mass is 35.5.